The smallest absolute Gasteiger partial charge is 0.226 e. The lowest BCUT2D eigenvalue weighted by Crippen LogP contribution is -2.35. The molecule has 1 aliphatic carbocycles. The fraction of sp³-hybridized carbons (Fsp3) is 0.857. The maximum atomic E-state index is 6.01. The molecule has 0 saturated heterocycles. The zero-order valence-electron chi connectivity index (χ0n) is 12.0. The predicted molar refractivity (Wildman–Crippen MR) is 72.6 cm³/mol. The number of ether oxygens (including phenoxy) is 1. The van der Waals surface area contributed by atoms with Gasteiger partial charge in [0.2, 0.25) is 11.7 Å². The summed E-state index contributed by atoms with van der Waals surface area (Å²) in [5.74, 6) is 2.17. The Morgan fingerprint density at radius 1 is 1.42 bits per heavy atom. The molecule has 5 nitrogen and oxygen atoms in total. The molecule has 0 spiro atoms. The van der Waals surface area contributed by atoms with Gasteiger partial charge in [-0.2, -0.15) is 4.98 Å². The minimum absolute atomic E-state index is 0.328. The van der Waals surface area contributed by atoms with E-state index < -0.39 is 0 Å². The van der Waals surface area contributed by atoms with Crippen LogP contribution in [-0.2, 0) is 16.8 Å². The number of hydrogen-bond acceptors (Lipinski definition) is 5. The first-order valence-corrected chi connectivity index (χ1v) is 7.37. The largest absolute Gasteiger partial charge is 0.367 e. The molecule has 19 heavy (non-hydrogen) atoms. The molecule has 0 aliphatic heterocycles. The Hall–Kier alpha value is -0.940. The first kappa shape index (κ1) is 14.5. The topological polar surface area (TPSA) is 74.2 Å². The summed E-state index contributed by atoms with van der Waals surface area (Å²) >= 11 is 0. The van der Waals surface area contributed by atoms with Crippen LogP contribution < -0.4 is 5.73 Å². The van der Waals surface area contributed by atoms with Crippen LogP contribution in [0.15, 0.2) is 4.52 Å². The summed E-state index contributed by atoms with van der Waals surface area (Å²) in [4.78, 5) is 4.53. The zero-order chi connectivity index (χ0) is 13.7. The molecule has 108 valence electrons. The van der Waals surface area contributed by atoms with Crippen molar-refractivity contribution in [3.05, 3.63) is 11.7 Å². The third kappa shape index (κ3) is 3.34. The number of nitrogens with two attached hydrogens (primary N) is 1. The van der Waals surface area contributed by atoms with Crippen molar-refractivity contribution in [1.29, 1.82) is 0 Å². The van der Waals surface area contributed by atoms with Gasteiger partial charge in [-0.15, -0.1) is 0 Å². The summed E-state index contributed by atoms with van der Waals surface area (Å²) in [6.07, 6.45) is 5.91. The number of hydrogen-bond donors (Lipinski definition) is 1. The fourth-order valence-electron chi connectivity index (χ4n) is 2.73. The van der Waals surface area contributed by atoms with Crippen molar-refractivity contribution in [3.63, 3.8) is 0 Å². The summed E-state index contributed by atoms with van der Waals surface area (Å²) in [5, 5.41) is 4.16. The van der Waals surface area contributed by atoms with Gasteiger partial charge in [0, 0.05) is 13.0 Å². The van der Waals surface area contributed by atoms with E-state index in [1.165, 1.54) is 0 Å². The molecule has 1 aliphatic rings. The maximum absolute atomic E-state index is 6.01. The quantitative estimate of drug-likeness (QED) is 0.856. The second-order valence-corrected chi connectivity index (χ2v) is 5.51. The van der Waals surface area contributed by atoms with E-state index in [4.69, 9.17) is 15.0 Å². The van der Waals surface area contributed by atoms with Gasteiger partial charge in [-0.1, -0.05) is 12.1 Å². The second-order valence-electron chi connectivity index (χ2n) is 5.51. The number of aryl methyl sites for hydroxylation is 1. The molecule has 1 heterocycles. The van der Waals surface area contributed by atoms with Gasteiger partial charge in [0.1, 0.15) is 5.60 Å². The first-order chi connectivity index (χ1) is 9.20. The Labute approximate surface area is 114 Å². The molecule has 1 aromatic rings. The maximum Gasteiger partial charge on any atom is 0.226 e. The Morgan fingerprint density at radius 3 is 2.79 bits per heavy atom. The molecule has 0 amide bonds. The Bertz CT molecular complexity index is 384. The first-order valence-electron chi connectivity index (χ1n) is 7.37. The van der Waals surface area contributed by atoms with Crippen LogP contribution in [0.2, 0.25) is 0 Å². The van der Waals surface area contributed by atoms with Gasteiger partial charge in [0.05, 0.1) is 0 Å². The second kappa shape index (κ2) is 6.48. The molecule has 2 rings (SSSR count). The summed E-state index contributed by atoms with van der Waals surface area (Å²) in [6.45, 7) is 5.64. The number of nitrogens with zero attached hydrogens (tertiary/aromatic N) is 2. The summed E-state index contributed by atoms with van der Waals surface area (Å²) in [7, 11) is 0. The highest BCUT2D eigenvalue weighted by Crippen LogP contribution is 2.41. The summed E-state index contributed by atoms with van der Waals surface area (Å²) in [6, 6.07) is 0. The van der Waals surface area contributed by atoms with Gasteiger partial charge < -0.3 is 15.0 Å². The highest BCUT2D eigenvalue weighted by Gasteiger charge is 2.40. The van der Waals surface area contributed by atoms with Crippen LogP contribution in [0.25, 0.3) is 0 Å². The molecular formula is C14H25N3O2. The van der Waals surface area contributed by atoms with Gasteiger partial charge in [-0.3, -0.25) is 0 Å². The Kier molecular flexibility index (Phi) is 4.93. The molecule has 5 heteroatoms. The molecule has 0 atom stereocenters. The van der Waals surface area contributed by atoms with Gasteiger partial charge in [0.25, 0.3) is 0 Å². The van der Waals surface area contributed by atoms with Crippen LogP contribution in [0.5, 0.6) is 0 Å². The molecule has 0 bridgehead atoms. The summed E-state index contributed by atoms with van der Waals surface area (Å²) in [5.41, 5.74) is 5.17. The van der Waals surface area contributed by atoms with Crippen LogP contribution >= 0.6 is 0 Å². The normalized spacial score (nSPS) is 27.6. The van der Waals surface area contributed by atoms with Crippen LogP contribution in [0, 0.1) is 5.92 Å². The Balaban J connectivity index is 2.12. The van der Waals surface area contributed by atoms with E-state index in [2.05, 4.69) is 17.1 Å². The lowest BCUT2D eigenvalue weighted by Gasteiger charge is -2.36. The van der Waals surface area contributed by atoms with Gasteiger partial charge in [0.15, 0.2) is 0 Å². The van der Waals surface area contributed by atoms with E-state index >= 15 is 0 Å². The minimum atomic E-state index is -0.328. The minimum Gasteiger partial charge on any atom is -0.367 e. The molecule has 0 unspecified atom stereocenters. The highest BCUT2D eigenvalue weighted by atomic mass is 16.5. The molecule has 1 fully saturated rings. The van der Waals surface area contributed by atoms with Crippen LogP contribution in [-0.4, -0.2) is 23.3 Å². The van der Waals surface area contributed by atoms with Crippen molar-refractivity contribution in [1.82, 2.24) is 10.1 Å². The molecular weight excluding hydrogens is 242 g/mol. The monoisotopic (exact) mass is 267 g/mol. The zero-order valence-corrected chi connectivity index (χ0v) is 12.0. The van der Waals surface area contributed by atoms with E-state index in [0.29, 0.717) is 19.0 Å². The third-order valence-electron chi connectivity index (χ3n) is 3.97. The van der Waals surface area contributed by atoms with Crippen molar-refractivity contribution in [2.24, 2.45) is 11.7 Å². The lowest BCUT2D eigenvalue weighted by atomic mass is 9.79. The van der Waals surface area contributed by atoms with Gasteiger partial charge in [-0.05, 0) is 51.5 Å². The SMILES string of the molecule is CCOC1(c2noc(CCCN)n2)CCC(C)CC1. The number of aromatic nitrogens is 2. The van der Waals surface area contributed by atoms with Crippen molar-refractivity contribution in [3.8, 4) is 0 Å². The average molecular weight is 267 g/mol. The Morgan fingerprint density at radius 2 is 2.16 bits per heavy atom. The molecule has 1 aromatic heterocycles. The fourth-order valence-corrected chi connectivity index (χ4v) is 2.73. The van der Waals surface area contributed by atoms with Crippen LogP contribution in [0.4, 0.5) is 0 Å². The molecule has 2 N–H and O–H groups in total. The van der Waals surface area contributed by atoms with Gasteiger partial charge in [-0.25, -0.2) is 0 Å². The standard InChI is InChI=1S/C14H25N3O2/c1-3-18-14(8-6-11(2)7-9-14)13-16-12(19-17-13)5-4-10-15/h11H,3-10,15H2,1-2H3. The predicted octanol–water partition coefficient (Wildman–Crippen LogP) is 2.40. The van der Waals surface area contributed by atoms with E-state index in [9.17, 15) is 0 Å². The highest BCUT2D eigenvalue weighted by molar-refractivity contribution is 5.04. The van der Waals surface area contributed by atoms with E-state index in [-0.39, 0.29) is 5.60 Å². The van der Waals surface area contributed by atoms with Gasteiger partial charge >= 0.3 is 0 Å². The number of rotatable bonds is 6. The average Bonchev–Trinajstić information content (AvgIpc) is 2.89. The van der Waals surface area contributed by atoms with E-state index in [1.54, 1.807) is 0 Å². The van der Waals surface area contributed by atoms with Crippen molar-refractivity contribution in [2.75, 3.05) is 13.2 Å². The van der Waals surface area contributed by atoms with Crippen LogP contribution in [0.3, 0.4) is 0 Å². The van der Waals surface area contributed by atoms with Crippen LogP contribution in [0.1, 0.15) is 57.7 Å². The van der Waals surface area contributed by atoms with E-state index in [0.717, 1.165) is 50.3 Å². The lowest BCUT2D eigenvalue weighted by molar-refractivity contribution is -0.0847. The molecule has 0 radical (unpaired) electrons. The third-order valence-corrected chi connectivity index (χ3v) is 3.97. The van der Waals surface area contributed by atoms with Crippen molar-refractivity contribution < 1.29 is 9.26 Å². The summed E-state index contributed by atoms with van der Waals surface area (Å²) < 4.78 is 11.3. The molecule has 1 saturated carbocycles. The van der Waals surface area contributed by atoms with Crippen molar-refractivity contribution in [2.45, 2.75) is 58.0 Å². The molecule has 0 aromatic carbocycles. The van der Waals surface area contributed by atoms with E-state index in [1.807, 2.05) is 6.92 Å². The van der Waals surface area contributed by atoms with Crippen molar-refractivity contribution >= 4 is 0 Å².